The van der Waals surface area contributed by atoms with E-state index in [0.29, 0.717) is 0 Å². The van der Waals surface area contributed by atoms with Gasteiger partial charge in [0, 0.05) is 21.3 Å². The Hall–Kier alpha value is -0.503. The third-order valence-corrected chi connectivity index (χ3v) is 10.4. The first-order valence-electron chi connectivity index (χ1n) is 9.24. The molecule has 0 atom stereocenters. The zero-order chi connectivity index (χ0) is 25.5. The number of alkyl halides is 6. The van der Waals surface area contributed by atoms with Crippen LogP contribution in [-0.4, -0.2) is 88.3 Å². The van der Waals surface area contributed by atoms with Crippen LogP contribution >= 0.6 is 0 Å². The Morgan fingerprint density at radius 1 is 0.812 bits per heavy atom. The molecule has 0 aromatic rings. The predicted molar refractivity (Wildman–Crippen MR) is 104 cm³/mol. The summed E-state index contributed by atoms with van der Waals surface area (Å²) < 4.78 is 127. The summed E-state index contributed by atoms with van der Waals surface area (Å²) in [6.07, 6.45) is 6.14. The van der Waals surface area contributed by atoms with E-state index in [0.717, 1.165) is 14.8 Å². The summed E-state index contributed by atoms with van der Waals surface area (Å²) in [4.78, 5) is 0. The first kappa shape index (κ1) is 31.5. The lowest BCUT2D eigenvalue weighted by Crippen LogP contribution is -2.64. The van der Waals surface area contributed by atoms with Crippen LogP contribution in [0.25, 0.3) is 4.13 Å². The Morgan fingerprint density at radius 3 is 1.47 bits per heavy atom. The third kappa shape index (κ3) is 8.69. The van der Waals surface area contributed by atoms with Crippen molar-refractivity contribution >= 4 is 28.9 Å². The van der Waals surface area contributed by atoms with Gasteiger partial charge in [-0.3, -0.25) is 0 Å². The molecule has 1 saturated heterocycles. The monoisotopic (exact) mass is 542 g/mol. The Morgan fingerprint density at radius 2 is 1.19 bits per heavy atom. The molecule has 0 bridgehead atoms. The van der Waals surface area contributed by atoms with E-state index >= 15 is 0 Å². The van der Waals surface area contributed by atoms with Gasteiger partial charge in [-0.05, 0) is 25.7 Å². The van der Waals surface area contributed by atoms with Crippen molar-refractivity contribution in [3.63, 3.8) is 0 Å². The van der Waals surface area contributed by atoms with Crippen LogP contribution in [-0.2, 0) is 33.3 Å². The van der Waals surface area contributed by atoms with Crippen molar-refractivity contribution in [2.24, 2.45) is 0 Å². The highest BCUT2D eigenvalue weighted by atomic mass is 32.3. The summed E-state index contributed by atoms with van der Waals surface area (Å²) in [5, 5.41) is 0. The molecule has 1 heterocycles. The van der Waals surface area contributed by atoms with Crippen molar-refractivity contribution in [1.29, 1.82) is 0 Å². The molecule has 32 heavy (non-hydrogen) atoms. The number of halogens is 6. The zero-order valence-electron chi connectivity index (χ0n) is 18.0. The number of sulfonamides is 2. The summed E-state index contributed by atoms with van der Waals surface area (Å²) in [5.74, 6) is 0. The maximum atomic E-state index is 11.4. The van der Waals surface area contributed by atoms with Crippen molar-refractivity contribution in [2.45, 2.75) is 43.6 Å². The fourth-order valence-corrected chi connectivity index (χ4v) is 7.08. The normalized spacial score (nSPS) is 18.1. The van der Waals surface area contributed by atoms with Crippen LogP contribution in [0.5, 0.6) is 0 Å². The summed E-state index contributed by atoms with van der Waals surface area (Å²) >= 11 is 0. The molecule has 0 N–H and O–H groups in total. The SMILES string of the molecule is CCC[N+]1(C[Si](OC)(OC)OC)CCCCC1.O=S(=O)([N-]S(=O)(=O)C(F)(F)F)C(F)(F)F. The summed E-state index contributed by atoms with van der Waals surface area (Å²) in [6.45, 7) is 5.96. The Bertz CT molecular complexity index is 725. The first-order valence-corrected chi connectivity index (χ1v) is 14.0. The van der Waals surface area contributed by atoms with E-state index in [1.165, 1.54) is 45.3 Å². The van der Waals surface area contributed by atoms with Gasteiger partial charge in [0.25, 0.3) is 0 Å². The smallest absolute Gasteiger partial charge is 0.421 e. The van der Waals surface area contributed by atoms with Gasteiger partial charge in [0.15, 0.2) is 20.0 Å². The number of quaternary nitrogens is 1. The number of piperidine rings is 1. The minimum Gasteiger partial charge on any atom is -0.421 e. The number of rotatable bonds is 9. The van der Waals surface area contributed by atoms with Gasteiger partial charge in [-0.15, -0.1) is 0 Å². The lowest BCUT2D eigenvalue weighted by molar-refractivity contribution is -0.925. The second-order valence-electron chi connectivity index (χ2n) is 6.94. The molecular formula is C14H28F6N2O7S2Si. The minimum absolute atomic E-state index is 0.778. The van der Waals surface area contributed by atoms with Gasteiger partial charge in [0.1, 0.15) is 6.17 Å². The molecule has 1 aliphatic heterocycles. The number of likely N-dealkylation sites (tertiary alicyclic amines) is 1. The van der Waals surface area contributed by atoms with Gasteiger partial charge >= 0.3 is 19.8 Å². The maximum Gasteiger partial charge on any atom is 0.558 e. The van der Waals surface area contributed by atoms with Crippen LogP contribution in [0.1, 0.15) is 32.6 Å². The molecule has 0 saturated carbocycles. The lowest BCUT2D eigenvalue weighted by atomic mass is 10.1. The summed E-state index contributed by atoms with van der Waals surface area (Å²) in [6, 6.07) is 0. The van der Waals surface area contributed by atoms with Crippen molar-refractivity contribution in [2.75, 3.05) is 47.1 Å². The highest BCUT2D eigenvalue weighted by Gasteiger charge is 2.49. The van der Waals surface area contributed by atoms with E-state index in [9.17, 15) is 43.2 Å². The second-order valence-corrected chi connectivity index (χ2v) is 13.3. The largest absolute Gasteiger partial charge is 0.558 e. The Labute approximate surface area is 185 Å². The molecule has 194 valence electrons. The van der Waals surface area contributed by atoms with Crippen molar-refractivity contribution < 1.29 is 60.9 Å². The van der Waals surface area contributed by atoms with Crippen LogP contribution < -0.4 is 0 Å². The molecule has 1 rings (SSSR count). The molecule has 0 aromatic carbocycles. The summed E-state index contributed by atoms with van der Waals surface area (Å²) in [7, 11) is -10.7. The molecular weight excluding hydrogens is 514 g/mol. The van der Waals surface area contributed by atoms with E-state index in [4.69, 9.17) is 13.3 Å². The average Bonchev–Trinajstić information content (AvgIpc) is 2.65. The standard InChI is InChI=1S/C12H28NO3Si.C2F6NO4S2/c1-5-9-13(10-7-6-8-11-13)12-17(14-2,15-3)16-4;3-1(4,5)14(10,11)9-15(12,13)2(6,7)8/h5-12H2,1-4H3;/q+1;-1. The van der Waals surface area contributed by atoms with Gasteiger partial charge in [0.2, 0.25) is 0 Å². The average molecular weight is 543 g/mol. The fraction of sp³-hybridized carbons (Fsp3) is 1.00. The van der Waals surface area contributed by atoms with E-state index in [1.54, 1.807) is 21.3 Å². The zero-order valence-corrected chi connectivity index (χ0v) is 20.6. The van der Waals surface area contributed by atoms with Crippen molar-refractivity contribution in [1.82, 2.24) is 0 Å². The molecule has 0 amide bonds. The van der Waals surface area contributed by atoms with Gasteiger partial charge in [-0.25, -0.2) is 16.8 Å². The highest BCUT2D eigenvalue weighted by molar-refractivity contribution is 8.13. The molecule has 0 aliphatic carbocycles. The fourth-order valence-electron chi connectivity index (χ4n) is 3.19. The van der Waals surface area contributed by atoms with Gasteiger partial charge in [0.05, 0.1) is 19.6 Å². The number of hydrogen-bond donors (Lipinski definition) is 0. The quantitative estimate of drug-likeness (QED) is 0.250. The topological polar surface area (TPSA) is 110 Å². The first-order chi connectivity index (χ1) is 14.4. The van der Waals surface area contributed by atoms with Gasteiger partial charge in [-0.2, -0.15) is 26.3 Å². The predicted octanol–water partition coefficient (Wildman–Crippen LogP) is 2.87. The molecule has 0 unspecified atom stereocenters. The van der Waals surface area contributed by atoms with E-state index in [-0.39, 0.29) is 0 Å². The van der Waals surface area contributed by atoms with Crippen LogP contribution in [0.2, 0.25) is 0 Å². The molecule has 1 aliphatic rings. The molecule has 0 radical (unpaired) electrons. The van der Waals surface area contributed by atoms with Crippen LogP contribution in [0.4, 0.5) is 26.3 Å². The Balaban J connectivity index is 0.000000607. The maximum absolute atomic E-state index is 11.4. The molecule has 18 heteroatoms. The van der Waals surface area contributed by atoms with Crippen LogP contribution in [0, 0.1) is 0 Å². The minimum atomic E-state index is -6.72. The lowest BCUT2D eigenvalue weighted by Gasteiger charge is -2.44. The second kappa shape index (κ2) is 11.8. The third-order valence-electron chi connectivity index (χ3n) is 4.71. The Kier molecular flexibility index (Phi) is 11.6. The number of nitrogens with zero attached hydrogens (tertiary/aromatic N) is 2. The number of hydrogen-bond acceptors (Lipinski definition) is 7. The van der Waals surface area contributed by atoms with Crippen molar-refractivity contribution in [3.05, 3.63) is 4.13 Å². The molecule has 9 nitrogen and oxygen atoms in total. The van der Waals surface area contributed by atoms with Crippen molar-refractivity contribution in [3.8, 4) is 0 Å². The van der Waals surface area contributed by atoms with Crippen LogP contribution in [0.15, 0.2) is 0 Å². The highest BCUT2D eigenvalue weighted by Crippen LogP contribution is 2.36. The van der Waals surface area contributed by atoms with Gasteiger partial charge < -0.3 is 21.9 Å². The van der Waals surface area contributed by atoms with Gasteiger partial charge in [-0.1, -0.05) is 6.92 Å². The summed E-state index contributed by atoms with van der Waals surface area (Å²) in [5.41, 5.74) is -12.4. The van der Waals surface area contributed by atoms with E-state index < -0.39 is 39.9 Å². The van der Waals surface area contributed by atoms with E-state index in [1.807, 2.05) is 0 Å². The molecule has 1 fully saturated rings. The molecule has 0 spiro atoms. The molecule has 0 aromatic heterocycles. The van der Waals surface area contributed by atoms with Crippen LogP contribution in [0.3, 0.4) is 0 Å². The van der Waals surface area contributed by atoms with E-state index in [2.05, 4.69) is 6.92 Å².